The molecule has 11 heteroatoms. The van der Waals surface area contributed by atoms with Gasteiger partial charge in [0.25, 0.3) is 10.0 Å². The monoisotopic (exact) mass is 623 g/mol. The van der Waals surface area contributed by atoms with Gasteiger partial charge in [-0.1, -0.05) is 79.0 Å². The second-order valence-corrected chi connectivity index (χ2v) is 12.8. The molecule has 0 saturated heterocycles. The Morgan fingerprint density at radius 2 is 1.43 bits per heavy atom. The summed E-state index contributed by atoms with van der Waals surface area (Å²) in [5.41, 5.74) is 1.18. The first-order valence-electron chi connectivity index (χ1n) is 12.7. The number of carbonyl (C=O) groups excluding carboxylic acids is 2. The molecule has 0 radical (unpaired) electrons. The van der Waals surface area contributed by atoms with Gasteiger partial charge >= 0.3 is 0 Å². The number of nitrogens with one attached hydrogen (secondary N) is 1. The number of rotatable bonds is 11. The van der Waals surface area contributed by atoms with Crippen LogP contribution < -0.4 is 9.62 Å². The van der Waals surface area contributed by atoms with Crippen LogP contribution in [-0.4, -0.2) is 44.3 Å². The lowest BCUT2D eigenvalue weighted by Gasteiger charge is -2.33. The third-order valence-electron chi connectivity index (χ3n) is 6.36. The molecule has 0 heterocycles. The van der Waals surface area contributed by atoms with Gasteiger partial charge in [0, 0.05) is 33.7 Å². The van der Waals surface area contributed by atoms with Crippen LogP contribution in [0.5, 0.6) is 0 Å². The Bertz CT molecular complexity index is 1450. The molecule has 0 aromatic heterocycles. The van der Waals surface area contributed by atoms with E-state index in [-0.39, 0.29) is 29.0 Å². The Morgan fingerprint density at radius 3 is 2.02 bits per heavy atom. The molecule has 0 fully saturated rings. The minimum Gasteiger partial charge on any atom is -0.354 e. The number of nitrogens with zero attached hydrogens (tertiary/aromatic N) is 2. The van der Waals surface area contributed by atoms with Crippen LogP contribution in [0.2, 0.25) is 15.1 Å². The quantitative estimate of drug-likeness (QED) is 0.270. The molecule has 0 saturated carbocycles. The van der Waals surface area contributed by atoms with Crippen molar-refractivity contribution in [2.45, 2.75) is 45.2 Å². The number of carbonyl (C=O) groups is 2. The lowest BCUT2D eigenvalue weighted by atomic mass is 10.1. The van der Waals surface area contributed by atoms with E-state index in [4.69, 9.17) is 34.8 Å². The van der Waals surface area contributed by atoms with Crippen molar-refractivity contribution in [3.63, 3.8) is 0 Å². The molecule has 0 aliphatic rings. The van der Waals surface area contributed by atoms with Crippen LogP contribution in [0.15, 0.2) is 71.6 Å². The predicted molar refractivity (Wildman–Crippen MR) is 161 cm³/mol. The van der Waals surface area contributed by atoms with Crippen LogP contribution in [-0.2, 0) is 26.2 Å². The molecule has 40 heavy (non-hydrogen) atoms. The second kappa shape index (κ2) is 13.7. The van der Waals surface area contributed by atoms with Crippen molar-refractivity contribution in [2.24, 2.45) is 5.92 Å². The first kappa shape index (κ1) is 31.7. The fourth-order valence-corrected chi connectivity index (χ4v) is 6.17. The van der Waals surface area contributed by atoms with E-state index in [1.54, 1.807) is 68.4 Å². The summed E-state index contributed by atoms with van der Waals surface area (Å²) < 4.78 is 28.8. The molecule has 1 atom stereocenters. The van der Waals surface area contributed by atoms with Crippen LogP contribution in [0, 0.1) is 12.8 Å². The number of hydrogen-bond donors (Lipinski definition) is 1. The topological polar surface area (TPSA) is 86.8 Å². The predicted octanol–water partition coefficient (Wildman–Crippen LogP) is 6.34. The van der Waals surface area contributed by atoms with Crippen molar-refractivity contribution >= 4 is 62.3 Å². The zero-order chi connectivity index (χ0) is 29.6. The standard InChI is InChI=1S/C29H32Cl3N3O4S/c1-19(2)16-33-29(37)21(4)34(17-23-25(31)13-8-14-26(23)32)28(36)18-35(27-15-9-12-24(30)20(27)3)40(38,39)22-10-6-5-7-11-22/h5-15,19,21H,16-18H2,1-4H3,(H,33,37). The maximum atomic E-state index is 14.0. The van der Waals surface area contributed by atoms with Gasteiger partial charge in [-0.2, -0.15) is 0 Å². The highest BCUT2D eigenvalue weighted by Crippen LogP contribution is 2.32. The summed E-state index contributed by atoms with van der Waals surface area (Å²) in [4.78, 5) is 28.4. The largest absolute Gasteiger partial charge is 0.354 e. The van der Waals surface area contributed by atoms with Crippen LogP contribution in [0.25, 0.3) is 0 Å². The van der Waals surface area contributed by atoms with Crippen LogP contribution in [0.4, 0.5) is 5.69 Å². The number of sulfonamides is 1. The van der Waals surface area contributed by atoms with Gasteiger partial charge in [-0.15, -0.1) is 0 Å². The van der Waals surface area contributed by atoms with Crippen molar-refractivity contribution in [2.75, 3.05) is 17.4 Å². The van der Waals surface area contributed by atoms with Crippen LogP contribution in [0.1, 0.15) is 31.9 Å². The summed E-state index contributed by atoms with van der Waals surface area (Å²) in [7, 11) is -4.20. The Hall–Kier alpha value is -2.78. The molecule has 0 bridgehead atoms. The minimum absolute atomic E-state index is 0.00518. The first-order valence-corrected chi connectivity index (χ1v) is 15.2. The number of anilines is 1. The zero-order valence-electron chi connectivity index (χ0n) is 22.7. The smallest absolute Gasteiger partial charge is 0.264 e. The summed E-state index contributed by atoms with van der Waals surface area (Å²) in [6, 6.07) is 16.6. The van der Waals surface area contributed by atoms with Gasteiger partial charge in [0.15, 0.2) is 0 Å². The number of benzene rings is 3. The van der Waals surface area contributed by atoms with Gasteiger partial charge in [-0.25, -0.2) is 8.42 Å². The van der Waals surface area contributed by atoms with Gasteiger partial charge in [-0.3, -0.25) is 13.9 Å². The molecular weight excluding hydrogens is 593 g/mol. The van der Waals surface area contributed by atoms with Crippen molar-refractivity contribution < 1.29 is 18.0 Å². The van der Waals surface area contributed by atoms with E-state index >= 15 is 0 Å². The normalized spacial score (nSPS) is 12.2. The molecule has 3 aromatic rings. The number of halogens is 3. The van der Waals surface area contributed by atoms with E-state index in [1.807, 2.05) is 13.8 Å². The van der Waals surface area contributed by atoms with Gasteiger partial charge in [0.2, 0.25) is 11.8 Å². The summed E-state index contributed by atoms with van der Waals surface area (Å²) in [5, 5.41) is 3.83. The van der Waals surface area contributed by atoms with Gasteiger partial charge in [0.05, 0.1) is 10.6 Å². The highest BCUT2D eigenvalue weighted by Gasteiger charge is 2.33. The second-order valence-electron chi connectivity index (χ2n) is 9.75. The Balaban J connectivity index is 2.08. The molecule has 3 rings (SSSR count). The molecule has 0 spiro atoms. The molecule has 0 aliphatic heterocycles. The van der Waals surface area contributed by atoms with Crippen LogP contribution in [0.3, 0.4) is 0 Å². The molecule has 214 valence electrons. The zero-order valence-corrected chi connectivity index (χ0v) is 25.8. The van der Waals surface area contributed by atoms with Crippen LogP contribution >= 0.6 is 34.8 Å². The highest BCUT2D eigenvalue weighted by atomic mass is 35.5. The third kappa shape index (κ3) is 7.49. The van der Waals surface area contributed by atoms with E-state index in [0.29, 0.717) is 32.7 Å². The SMILES string of the molecule is Cc1c(Cl)cccc1N(CC(=O)N(Cc1c(Cl)cccc1Cl)C(C)C(=O)NCC(C)C)S(=O)(=O)c1ccccc1. The Morgan fingerprint density at radius 1 is 0.850 bits per heavy atom. The molecule has 7 nitrogen and oxygen atoms in total. The van der Waals surface area contributed by atoms with Gasteiger partial charge < -0.3 is 10.2 Å². The van der Waals surface area contributed by atoms with E-state index in [0.717, 1.165) is 4.31 Å². The number of hydrogen-bond acceptors (Lipinski definition) is 4. The van der Waals surface area contributed by atoms with E-state index in [2.05, 4.69) is 5.32 Å². The van der Waals surface area contributed by atoms with Gasteiger partial charge in [-0.05, 0) is 61.7 Å². The lowest BCUT2D eigenvalue weighted by Crippen LogP contribution is -2.51. The number of amides is 2. The molecule has 0 aliphatic carbocycles. The fraction of sp³-hybridized carbons (Fsp3) is 0.310. The first-order chi connectivity index (χ1) is 18.8. The van der Waals surface area contributed by atoms with E-state index in [9.17, 15) is 18.0 Å². The molecule has 3 aromatic carbocycles. The lowest BCUT2D eigenvalue weighted by molar-refractivity contribution is -0.139. The summed E-state index contributed by atoms with van der Waals surface area (Å²) in [5.74, 6) is -0.820. The fourth-order valence-electron chi connectivity index (χ4n) is 3.99. The average Bonchev–Trinajstić information content (AvgIpc) is 2.92. The molecule has 1 unspecified atom stereocenters. The molecular formula is C29H32Cl3N3O4S. The Kier molecular flexibility index (Phi) is 10.9. The highest BCUT2D eigenvalue weighted by molar-refractivity contribution is 7.92. The molecule has 1 N–H and O–H groups in total. The van der Waals surface area contributed by atoms with Crippen molar-refractivity contribution in [1.82, 2.24) is 10.2 Å². The van der Waals surface area contributed by atoms with Crippen molar-refractivity contribution in [1.29, 1.82) is 0 Å². The maximum absolute atomic E-state index is 14.0. The molecule has 2 amide bonds. The summed E-state index contributed by atoms with van der Waals surface area (Å²) >= 11 is 19.2. The summed E-state index contributed by atoms with van der Waals surface area (Å²) in [6.45, 7) is 6.88. The Labute approximate surface area is 251 Å². The summed E-state index contributed by atoms with van der Waals surface area (Å²) in [6.07, 6.45) is 0. The maximum Gasteiger partial charge on any atom is 0.264 e. The average molecular weight is 625 g/mol. The van der Waals surface area contributed by atoms with E-state index < -0.39 is 28.5 Å². The minimum atomic E-state index is -4.20. The van der Waals surface area contributed by atoms with E-state index in [1.165, 1.54) is 17.0 Å². The third-order valence-corrected chi connectivity index (χ3v) is 9.25. The van der Waals surface area contributed by atoms with Crippen molar-refractivity contribution in [3.05, 3.63) is 92.9 Å². The van der Waals surface area contributed by atoms with Gasteiger partial charge in [0.1, 0.15) is 12.6 Å². The van der Waals surface area contributed by atoms with Crippen molar-refractivity contribution in [3.8, 4) is 0 Å².